The van der Waals surface area contributed by atoms with Crippen molar-refractivity contribution >= 4 is 18.3 Å². The maximum atomic E-state index is 11.4. The monoisotopic (exact) mass is 182 g/mol. The third kappa shape index (κ3) is 0.980. The maximum Gasteiger partial charge on any atom is 0.325 e. The van der Waals surface area contributed by atoms with Crippen LogP contribution in [0.4, 0.5) is 4.79 Å². The second-order valence-corrected chi connectivity index (χ2v) is 3.19. The summed E-state index contributed by atoms with van der Waals surface area (Å²) >= 11 is 0. The largest absolute Gasteiger partial charge is 0.351 e. The minimum Gasteiger partial charge on any atom is -0.351 e. The fraction of sp³-hybridized carbons (Fsp3) is 0.571. The molecule has 6 nitrogen and oxygen atoms in total. The summed E-state index contributed by atoms with van der Waals surface area (Å²) in [5.74, 6) is -0.284. The molecular weight excluding hydrogens is 172 g/mol. The number of carbonyl (C=O) groups is 2. The van der Waals surface area contributed by atoms with Crippen LogP contribution in [-0.2, 0) is 4.79 Å². The summed E-state index contributed by atoms with van der Waals surface area (Å²) in [7, 11) is 3.38. The van der Waals surface area contributed by atoms with Gasteiger partial charge in [0.2, 0.25) is 0 Å². The molecule has 13 heavy (non-hydrogen) atoms. The zero-order valence-electron chi connectivity index (χ0n) is 7.39. The van der Waals surface area contributed by atoms with Gasteiger partial charge in [0.1, 0.15) is 0 Å². The van der Waals surface area contributed by atoms with Crippen LogP contribution in [0.5, 0.6) is 0 Å². The standard InChI is InChI=1S/C7H10N4O2/c1-10-3-8-5-4(10)6(12)9-7(13)11(5)2/h3-5H,1-2H3,(H,9,12,13). The van der Waals surface area contributed by atoms with Gasteiger partial charge in [-0.2, -0.15) is 0 Å². The number of nitrogens with zero attached hydrogens (tertiary/aromatic N) is 3. The van der Waals surface area contributed by atoms with Gasteiger partial charge in [0.05, 0.1) is 6.34 Å². The number of amides is 3. The summed E-state index contributed by atoms with van der Waals surface area (Å²) in [5, 5.41) is 2.26. The Kier molecular flexibility index (Phi) is 1.51. The van der Waals surface area contributed by atoms with E-state index < -0.39 is 6.03 Å². The Balaban J connectivity index is 2.30. The number of carbonyl (C=O) groups excluding carboxylic acids is 2. The Morgan fingerprint density at radius 3 is 2.85 bits per heavy atom. The van der Waals surface area contributed by atoms with Crippen molar-refractivity contribution in [3.05, 3.63) is 0 Å². The summed E-state index contributed by atoms with van der Waals surface area (Å²) in [5.41, 5.74) is 0. The molecule has 2 atom stereocenters. The van der Waals surface area contributed by atoms with Gasteiger partial charge in [0.15, 0.2) is 12.2 Å². The number of aliphatic imine (C=N–C) groups is 1. The van der Waals surface area contributed by atoms with Crippen LogP contribution >= 0.6 is 0 Å². The molecule has 2 unspecified atom stereocenters. The normalized spacial score (nSPS) is 32.2. The molecule has 1 fully saturated rings. The van der Waals surface area contributed by atoms with Gasteiger partial charge < -0.3 is 9.80 Å². The molecule has 0 saturated carbocycles. The second-order valence-electron chi connectivity index (χ2n) is 3.19. The summed E-state index contributed by atoms with van der Waals surface area (Å²) in [6, 6.07) is -0.763. The lowest BCUT2D eigenvalue weighted by Crippen LogP contribution is -2.62. The van der Waals surface area contributed by atoms with Crippen molar-refractivity contribution in [1.82, 2.24) is 15.1 Å². The van der Waals surface area contributed by atoms with Crippen LogP contribution in [0.2, 0.25) is 0 Å². The Hall–Kier alpha value is -1.59. The van der Waals surface area contributed by atoms with E-state index in [4.69, 9.17) is 0 Å². The van der Waals surface area contributed by atoms with Crippen molar-refractivity contribution in [3.63, 3.8) is 0 Å². The number of hydrogen-bond donors (Lipinski definition) is 1. The van der Waals surface area contributed by atoms with Crippen molar-refractivity contribution in [2.75, 3.05) is 14.1 Å². The van der Waals surface area contributed by atoms with Gasteiger partial charge >= 0.3 is 6.03 Å². The summed E-state index contributed by atoms with van der Waals surface area (Å²) in [4.78, 5) is 29.7. The van der Waals surface area contributed by atoms with Crippen molar-refractivity contribution in [2.24, 2.45) is 4.99 Å². The first kappa shape index (κ1) is 8.03. The van der Waals surface area contributed by atoms with Crippen molar-refractivity contribution in [1.29, 1.82) is 0 Å². The lowest BCUT2D eigenvalue weighted by molar-refractivity contribution is -0.126. The summed E-state index contributed by atoms with van der Waals surface area (Å²) < 4.78 is 0. The van der Waals surface area contributed by atoms with E-state index in [0.29, 0.717) is 0 Å². The summed E-state index contributed by atoms with van der Waals surface area (Å²) in [6.07, 6.45) is 1.20. The molecule has 0 spiro atoms. The molecule has 2 rings (SSSR count). The molecule has 0 aromatic heterocycles. The third-order valence-corrected chi connectivity index (χ3v) is 2.34. The number of urea groups is 1. The molecule has 0 aromatic rings. The molecule has 0 aromatic carbocycles. The quantitative estimate of drug-likeness (QED) is 0.513. The van der Waals surface area contributed by atoms with Crippen molar-refractivity contribution < 1.29 is 9.59 Å². The highest BCUT2D eigenvalue weighted by Gasteiger charge is 2.43. The van der Waals surface area contributed by atoms with Crippen LogP contribution in [0.25, 0.3) is 0 Å². The zero-order chi connectivity index (χ0) is 9.59. The van der Waals surface area contributed by atoms with Gasteiger partial charge in [-0.25, -0.2) is 9.79 Å². The molecule has 1 saturated heterocycles. The Morgan fingerprint density at radius 1 is 1.46 bits per heavy atom. The maximum absolute atomic E-state index is 11.4. The van der Waals surface area contributed by atoms with Crippen LogP contribution in [-0.4, -0.2) is 54.4 Å². The van der Waals surface area contributed by atoms with Gasteiger partial charge in [0.25, 0.3) is 5.91 Å². The number of fused-ring (bicyclic) bond motifs is 1. The lowest BCUT2D eigenvalue weighted by Gasteiger charge is -2.34. The highest BCUT2D eigenvalue weighted by atomic mass is 16.2. The Labute approximate surface area is 75.2 Å². The molecule has 2 heterocycles. The number of imide groups is 1. The van der Waals surface area contributed by atoms with E-state index in [9.17, 15) is 9.59 Å². The SMILES string of the molecule is CN1C=NC2C1C(=O)NC(=O)N2C. The van der Waals surface area contributed by atoms with Crippen LogP contribution in [0, 0.1) is 0 Å². The second kappa shape index (κ2) is 2.45. The highest BCUT2D eigenvalue weighted by Crippen LogP contribution is 2.18. The molecule has 70 valence electrons. The fourth-order valence-electron chi connectivity index (χ4n) is 1.56. The summed E-state index contributed by atoms with van der Waals surface area (Å²) in [6.45, 7) is 0. The average molecular weight is 182 g/mol. The first-order valence-electron chi connectivity index (χ1n) is 3.94. The molecular formula is C7H10N4O2. The lowest BCUT2D eigenvalue weighted by atomic mass is 10.1. The van der Waals surface area contributed by atoms with E-state index in [1.807, 2.05) is 0 Å². The molecule has 0 radical (unpaired) electrons. The average Bonchev–Trinajstić information content (AvgIpc) is 2.44. The van der Waals surface area contributed by atoms with Gasteiger partial charge in [-0.3, -0.25) is 10.1 Å². The topological polar surface area (TPSA) is 65.0 Å². The molecule has 1 N–H and O–H groups in total. The van der Waals surface area contributed by atoms with Crippen molar-refractivity contribution in [3.8, 4) is 0 Å². The van der Waals surface area contributed by atoms with E-state index in [1.54, 1.807) is 25.3 Å². The fourth-order valence-corrected chi connectivity index (χ4v) is 1.56. The molecule has 2 aliphatic heterocycles. The number of rotatable bonds is 0. The molecule has 2 aliphatic rings. The van der Waals surface area contributed by atoms with E-state index in [2.05, 4.69) is 10.3 Å². The predicted molar refractivity (Wildman–Crippen MR) is 45.1 cm³/mol. The zero-order valence-corrected chi connectivity index (χ0v) is 7.39. The van der Waals surface area contributed by atoms with E-state index in [1.165, 1.54) is 4.90 Å². The van der Waals surface area contributed by atoms with Crippen LogP contribution < -0.4 is 5.32 Å². The van der Waals surface area contributed by atoms with Gasteiger partial charge in [-0.05, 0) is 0 Å². The van der Waals surface area contributed by atoms with Crippen LogP contribution in [0.1, 0.15) is 0 Å². The van der Waals surface area contributed by atoms with E-state index in [0.717, 1.165) is 0 Å². The van der Waals surface area contributed by atoms with Crippen LogP contribution in [0.3, 0.4) is 0 Å². The van der Waals surface area contributed by atoms with Crippen molar-refractivity contribution in [2.45, 2.75) is 12.2 Å². The van der Waals surface area contributed by atoms with Gasteiger partial charge in [-0.1, -0.05) is 0 Å². The van der Waals surface area contributed by atoms with Gasteiger partial charge in [0, 0.05) is 14.1 Å². The minimum absolute atomic E-state index is 0.284. The molecule has 0 bridgehead atoms. The number of likely N-dealkylation sites (N-methyl/N-ethyl adjacent to an activating group) is 2. The highest BCUT2D eigenvalue weighted by molar-refractivity contribution is 6.01. The van der Waals surface area contributed by atoms with Gasteiger partial charge in [-0.15, -0.1) is 0 Å². The van der Waals surface area contributed by atoms with E-state index in [-0.39, 0.29) is 18.1 Å². The first-order chi connectivity index (χ1) is 6.11. The Morgan fingerprint density at radius 2 is 2.15 bits per heavy atom. The number of hydrogen-bond acceptors (Lipinski definition) is 4. The van der Waals surface area contributed by atoms with Crippen LogP contribution in [0.15, 0.2) is 4.99 Å². The first-order valence-corrected chi connectivity index (χ1v) is 3.94. The third-order valence-electron chi connectivity index (χ3n) is 2.34. The Bertz CT molecular complexity index is 301. The number of nitrogens with one attached hydrogen (secondary N) is 1. The van der Waals surface area contributed by atoms with E-state index >= 15 is 0 Å². The predicted octanol–water partition coefficient (Wildman–Crippen LogP) is -1.16. The molecule has 3 amide bonds. The minimum atomic E-state index is -0.390. The molecule has 6 heteroatoms. The smallest absolute Gasteiger partial charge is 0.325 e. The molecule has 0 aliphatic carbocycles.